The zero-order chi connectivity index (χ0) is 17.9. The summed E-state index contributed by atoms with van der Waals surface area (Å²) in [5.74, 6) is 1.29. The van der Waals surface area contributed by atoms with Crippen molar-refractivity contribution in [1.82, 2.24) is 16.0 Å². The Bertz CT molecular complexity index is 686. The average molecular weight is 360 g/mol. The molecule has 0 atom stereocenters. The summed E-state index contributed by atoms with van der Waals surface area (Å²) >= 11 is 1.69. The Morgan fingerprint density at radius 2 is 2.00 bits per heavy atom. The van der Waals surface area contributed by atoms with Gasteiger partial charge in [0.2, 0.25) is 0 Å². The van der Waals surface area contributed by atoms with Gasteiger partial charge in [-0.15, -0.1) is 11.3 Å². The second-order valence-electron chi connectivity index (χ2n) is 5.19. The Hall–Kier alpha value is -2.54. The van der Waals surface area contributed by atoms with Crippen molar-refractivity contribution in [3.8, 4) is 5.75 Å². The Balaban J connectivity index is 1.77. The largest absolute Gasteiger partial charge is 0.497 e. The molecule has 1 aromatic heterocycles. The maximum Gasteiger partial charge on any atom is 0.251 e. The van der Waals surface area contributed by atoms with Crippen LogP contribution in [0, 0.1) is 0 Å². The van der Waals surface area contributed by atoms with Gasteiger partial charge in [0, 0.05) is 30.1 Å². The molecule has 0 saturated heterocycles. The van der Waals surface area contributed by atoms with E-state index < -0.39 is 0 Å². The van der Waals surface area contributed by atoms with Crippen LogP contribution in [0.2, 0.25) is 0 Å². The number of carbonyl (C=O) groups is 1. The number of benzene rings is 1. The number of carbonyl (C=O) groups excluding carboxylic acids is 1. The van der Waals surface area contributed by atoms with Crippen LogP contribution >= 0.6 is 11.3 Å². The number of nitrogens with one attached hydrogen (secondary N) is 3. The van der Waals surface area contributed by atoms with Gasteiger partial charge in [0.1, 0.15) is 5.75 Å². The summed E-state index contributed by atoms with van der Waals surface area (Å²) < 4.78 is 5.13. The minimum atomic E-state index is -0.124. The molecular weight excluding hydrogens is 336 g/mol. The van der Waals surface area contributed by atoms with Crippen LogP contribution < -0.4 is 20.7 Å². The lowest BCUT2D eigenvalue weighted by Crippen LogP contribution is -2.41. The number of aliphatic imine (C=N–C) groups is 1. The second kappa shape index (κ2) is 10.4. The van der Waals surface area contributed by atoms with E-state index in [1.807, 2.05) is 24.4 Å². The van der Waals surface area contributed by atoms with Crippen molar-refractivity contribution in [1.29, 1.82) is 0 Å². The molecule has 7 heteroatoms. The van der Waals surface area contributed by atoms with E-state index >= 15 is 0 Å². The van der Waals surface area contributed by atoms with Crippen LogP contribution in [0.3, 0.4) is 0 Å². The predicted molar refractivity (Wildman–Crippen MR) is 102 cm³/mol. The van der Waals surface area contributed by atoms with Gasteiger partial charge < -0.3 is 20.7 Å². The first-order chi connectivity index (χ1) is 12.2. The van der Waals surface area contributed by atoms with Crippen LogP contribution in [-0.2, 0) is 6.54 Å². The molecule has 0 radical (unpaired) electrons. The van der Waals surface area contributed by atoms with Crippen LogP contribution in [0.1, 0.15) is 22.2 Å². The van der Waals surface area contributed by atoms with Crippen LogP contribution in [0.5, 0.6) is 5.75 Å². The third-order valence-electron chi connectivity index (χ3n) is 3.35. The molecule has 0 fully saturated rings. The van der Waals surface area contributed by atoms with Crippen molar-refractivity contribution >= 4 is 23.2 Å². The van der Waals surface area contributed by atoms with Crippen LogP contribution in [0.15, 0.2) is 46.8 Å². The topological polar surface area (TPSA) is 74.8 Å². The van der Waals surface area contributed by atoms with Gasteiger partial charge in [-0.05, 0) is 36.6 Å². The third-order valence-corrected chi connectivity index (χ3v) is 4.21. The molecule has 0 aliphatic carbocycles. The van der Waals surface area contributed by atoms with Gasteiger partial charge in [0.05, 0.1) is 13.7 Å². The van der Waals surface area contributed by atoms with Gasteiger partial charge in [0.15, 0.2) is 5.96 Å². The normalized spacial score (nSPS) is 11.0. The molecule has 2 rings (SSSR count). The molecule has 2 aromatic rings. The smallest absolute Gasteiger partial charge is 0.251 e. The molecule has 3 N–H and O–H groups in total. The highest BCUT2D eigenvalue weighted by Gasteiger charge is 2.06. The summed E-state index contributed by atoms with van der Waals surface area (Å²) in [5.41, 5.74) is 0.581. The summed E-state index contributed by atoms with van der Waals surface area (Å²) in [4.78, 5) is 17.9. The SMILES string of the molecule is CCNC(=NCc1cccs1)NCCNC(=O)c1cccc(OC)c1. The first kappa shape index (κ1) is 18.8. The fraction of sp³-hybridized carbons (Fsp3) is 0.333. The molecule has 0 bridgehead atoms. The highest BCUT2D eigenvalue weighted by molar-refractivity contribution is 7.09. The molecule has 0 spiro atoms. The Morgan fingerprint density at radius 3 is 2.72 bits per heavy atom. The van der Waals surface area contributed by atoms with Crippen LogP contribution in [0.25, 0.3) is 0 Å². The van der Waals surface area contributed by atoms with E-state index in [0.29, 0.717) is 30.9 Å². The van der Waals surface area contributed by atoms with E-state index in [0.717, 1.165) is 12.5 Å². The van der Waals surface area contributed by atoms with E-state index in [4.69, 9.17) is 4.74 Å². The summed E-state index contributed by atoms with van der Waals surface area (Å²) in [5, 5.41) is 11.3. The number of hydrogen-bond acceptors (Lipinski definition) is 4. The van der Waals surface area contributed by atoms with Gasteiger partial charge in [-0.2, -0.15) is 0 Å². The molecule has 1 heterocycles. The number of methoxy groups -OCH3 is 1. The fourth-order valence-electron chi connectivity index (χ4n) is 2.12. The van der Waals surface area contributed by atoms with Gasteiger partial charge >= 0.3 is 0 Å². The van der Waals surface area contributed by atoms with Crippen molar-refractivity contribution in [3.63, 3.8) is 0 Å². The van der Waals surface area contributed by atoms with E-state index in [9.17, 15) is 4.79 Å². The first-order valence-corrected chi connectivity index (χ1v) is 9.07. The van der Waals surface area contributed by atoms with Gasteiger partial charge in [-0.1, -0.05) is 12.1 Å². The highest BCUT2D eigenvalue weighted by Crippen LogP contribution is 2.12. The molecule has 0 saturated carbocycles. The summed E-state index contributed by atoms with van der Waals surface area (Å²) in [6.45, 7) is 4.54. The second-order valence-corrected chi connectivity index (χ2v) is 6.22. The van der Waals surface area contributed by atoms with Crippen molar-refractivity contribution in [2.24, 2.45) is 4.99 Å². The number of guanidine groups is 1. The van der Waals surface area contributed by atoms with E-state index in [1.165, 1.54) is 4.88 Å². The number of hydrogen-bond donors (Lipinski definition) is 3. The zero-order valence-electron chi connectivity index (χ0n) is 14.5. The lowest BCUT2D eigenvalue weighted by molar-refractivity contribution is 0.0954. The summed E-state index contributed by atoms with van der Waals surface area (Å²) in [6, 6.07) is 11.2. The summed E-state index contributed by atoms with van der Waals surface area (Å²) in [7, 11) is 1.58. The quantitative estimate of drug-likeness (QED) is 0.383. The predicted octanol–water partition coefficient (Wildman–Crippen LogP) is 2.24. The van der Waals surface area contributed by atoms with Crippen molar-refractivity contribution in [2.45, 2.75) is 13.5 Å². The zero-order valence-corrected chi connectivity index (χ0v) is 15.4. The lowest BCUT2D eigenvalue weighted by Gasteiger charge is -2.12. The maximum atomic E-state index is 12.1. The molecule has 1 aromatic carbocycles. The molecule has 134 valence electrons. The molecule has 0 aliphatic rings. The molecule has 1 amide bonds. The maximum absolute atomic E-state index is 12.1. The van der Waals surface area contributed by atoms with E-state index in [-0.39, 0.29) is 5.91 Å². The van der Waals surface area contributed by atoms with E-state index in [2.05, 4.69) is 27.0 Å². The molecule has 6 nitrogen and oxygen atoms in total. The number of rotatable bonds is 8. The Kier molecular flexibility index (Phi) is 7.78. The van der Waals surface area contributed by atoms with Gasteiger partial charge in [-0.25, -0.2) is 4.99 Å². The monoisotopic (exact) mass is 360 g/mol. The molecule has 0 unspecified atom stereocenters. The lowest BCUT2D eigenvalue weighted by atomic mass is 10.2. The molecule has 25 heavy (non-hydrogen) atoms. The number of amides is 1. The van der Waals surface area contributed by atoms with Gasteiger partial charge in [0.25, 0.3) is 5.91 Å². The Labute approximate surface area is 152 Å². The standard InChI is InChI=1S/C18H24N4O2S/c1-3-19-18(22-13-16-8-5-11-25-16)21-10-9-20-17(23)14-6-4-7-15(12-14)24-2/h4-8,11-12H,3,9-10,13H2,1-2H3,(H,20,23)(H2,19,21,22). The van der Waals surface area contributed by atoms with Crippen molar-refractivity contribution in [2.75, 3.05) is 26.7 Å². The highest BCUT2D eigenvalue weighted by atomic mass is 32.1. The minimum absolute atomic E-state index is 0.124. The first-order valence-electron chi connectivity index (χ1n) is 8.19. The van der Waals surface area contributed by atoms with Crippen molar-refractivity contribution < 1.29 is 9.53 Å². The number of thiophene rings is 1. The fourth-order valence-corrected chi connectivity index (χ4v) is 2.75. The molecular formula is C18H24N4O2S. The Morgan fingerprint density at radius 1 is 1.16 bits per heavy atom. The number of ether oxygens (including phenoxy) is 1. The summed E-state index contributed by atoms with van der Waals surface area (Å²) in [6.07, 6.45) is 0. The van der Waals surface area contributed by atoms with Crippen LogP contribution in [-0.4, -0.2) is 38.6 Å². The van der Waals surface area contributed by atoms with E-state index in [1.54, 1.807) is 36.6 Å². The van der Waals surface area contributed by atoms with Crippen molar-refractivity contribution in [3.05, 3.63) is 52.2 Å². The minimum Gasteiger partial charge on any atom is -0.497 e. The van der Waals surface area contributed by atoms with Gasteiger partial charge in [-0.3, -0.25) is 4.79 Å². The average Bonchev–Trinajstić information content (AvgIpc) is 3.16. The van der Waals surface area contributed by atoms with Crippen LogP contribution in [0.4, 0.5) is 0 Å². The number of nitrogens with zero attached hydrogens (tertiary/aromatic N) is 1. The third kappa shape index (κ3) is 6.46. The molecule has 0 aliphatic heterocycles.